The molecular formula is C66H48N12O3S3. The Balaban J connectivity index is 0.0000000940. The molecule has 0 fully saturated rings. The number of nitrogens with zero attached hydrogens (tertiary/aromatic N) is 12. The normalized spacial score (nSPS) is 11.2. The van der Waals surface area contributed by atoms with Crippen molar-refractivity contribution in [1.82, 2.24) is 59.8 Å². The zero-order valence-corrected chi connectivity index (χ0v) is 48.6. The van der Waals surface area contributed by atoms with Gasteiger partial charge in [0.15, 0.2) is 22.3 Å². The van der Waals surface area contributed by atoms with E-state index in [0.29, 0.717) is 5.71 Å². The Kier molecular flexibility index (Phi) is 14.6. The lowest BCUT2D eigenvalue weighted by atomic mass is 10.2. The van der Waals surface area contributed by atoms with Crippen LogP contribution in [0.15, 0.2) is 197 Å². The molecule has 0 radical (unpaired) electrons. The van der Waals surface area contributed by atoms with Gasteiger partial charge >= 0.3 is 0 Å². The van der Waals surface area contributed by atoms with Gasteiger partial charge in [0, 0.05) is 116 Å². The van der Waals surface area contributed by atoms with Crippen molar-refractivity contribution in [3.63, 3.8) is 0 Å². The topological polar surface area (TPSA) is 194 Å². The maximum absolute atomic E-state index is 5.60. The predicted molar refractivity (Wildman–Crippen MR) is 341 cm³/mol. The highest BCUT2D eigenvalue weighted by Crippen LogP contribution is 2.34. The minimum atomic E-state index is 0.653. The molecule has 15 nitrogen and oxygen atoms in total. The Morgan fingerprint density at radius 2 is 0.726 bits per heavy atom. The minimum Gasteiger partial charge on any atom is -0.454 e. The average Bonchev–Trinajstić information content (AvgIpc) is 4.54. The average molecular weight is 1150 g/mol. The molecule has 18 aromatic heterocycles. The number of thiophene rings is 3. The first-order chi connectivity index (χ1) is 41.1. The Hall–Kier alpha value is -10.1. The highest BCUT2D eigenvalue weighted by molar-refractivity contribution is 7.26. The number of rotatable bonds is 0. The third-order valence-corrected chi connectivity index (χ3v) is 16.8. The Morgan fingerprint density at radius 1 is 0.274 bits per heavy atom. The summed E-state index contributed by atoms with van der Waals surface area (Å²) < 4.78 is 22.9. The lowest BCUT2D eigenvalue weighted by Gasteiger charge is -1.92. The molecule has 0 aliphatic rings. The first-order valence-electron chi connectivity index (χ1n) is 26.7. The molecule has 0 unspecified atom stereocenters. The van der Waals surface area contributed by atoms with Crippen LogP contribution < -0.4 is 0 Å². The summed E-state index contributed by atoms with van der Waals surface area (Å²) in [6.45, 7) is 11.9. The third-order valence-electron chi connectivity index (χ3n) is 13.5. The number of furan rings is 3. The van der Waals surface area contributed by atoms with Gasteiger partial charge in [-0.15, -0.1) is 34.0 Å². The summed E-state index contributed by atoms with van der Waals surface area (Å²) in [5.41, 5.74) is 16.9. The van der Waals surface area contributed by atoms with Crippen LogP contribution in [0.1, 0.15) is 34.2 Å². The number of hydrogen-bond donors (Lipinski definition) is 0. The van der Waals surface area contributed by atoms with Crippen LogP contribution in [0.5, 0.6) is 0 Å². The minimum absolute atomic E-state index is 0.653. The van der Waals surface area contributed by atoms with Crippen molar-refractivity contribution in [2.75, 3.05) is 0 Å². The molecule has 18 aromatic rings. The van der Waals surface area contributed by atoms with Gasteiger partial charge in [0.25, 0.3) is 0 Å². The number of aromatic nitrogens is 12. The molecule has 0 aliphatic heterocycles. The van der Waals surface area contributed by atoms with E-state index in [1.54, 1.807) is 65.0 Å². The third kappa shape index (κ3) is 10.9. The van der Waals surface area contributed by atoms with E-state index in [4.69, 9.17) is 13.3 Å². The summed E-state index contributed by atoms with van der Waals surface area (Å²) in [4.78, 5) is 52.8. The van der Waals surface area contributed by atoms with Gasteiger partial charge < -0.3 is 13.3 Å². The van der Waals surface area contributed by atoms with E-state index in [0.717, 1.165) is 127 Å². The molecule has 84 heavy (non-hydrogen) atoms. The second-order valence-electron chi connectivity index (χ2n) is 19.6. The smallest absolute Gasteiger partial charge is 0.228 e. The Bertz CT molecular complexity index is 4550. The van der Waals surface area contributed by atoms with Crippen molar-refractivity contribution in [1.29, 1.82) is 0 Å². The molecule has 0 aromatic carbocycles. The molecule has 18 heteroatoms. The molecule has 0 spiro atoms. The van der Waals surface area contributed by atoms with Crippen molar-refractivity contribution < 1.29 is 13.3 Å². The molecule has 0 bridgehead atoms. The predicted octanol–water partition coefficient (Wildman–Crippen LogP) is 17.5. The van der Waals surface area contributed by atoms with Crippen molar-refractivity contribution in [3.8, 4) is 0 Å². The monoisotopic (exact) mass is 1150 g/mol. The summed E-state index contributed by atoms with van der Waals surface area (Å²) >= 11 is 5.21. The van der Waals surface area contributed by atoms with Crippen molar-refractivity contribution in [2.45, 2.75) is 41.5 Å². The number of fused-ring (bicyclic) bond motifs is 18. The highest BCUT2D eigenvalue weighted by atomic mass is 32.1. The largest absolute Gasteiger partial charge is 0.454 e. The van der Waals surface area contributed by atoms with Crippen molar-refractivity contribution in [2.24, 2.45) is 0 Å². The quantitative estimate of drug-likeness (QED) is 0.139. The molecule has 0 amide bonds. The fourth-order valence-electron chi connectivity index (χ4n) is 9.51. The van der Waals surface area contributed by atoms with E-state index in [9.17, 15) is 0 Å². The summed E-state index contributed by atoms with van der Waals surface area (Å²) in [6, 6.07) is 39.9. The molecule has 408 valence electrons. The van der Waals surface area contributed by atoms with Crippen LogP contribution in [0.4, 0.5) is 0 Å². The highest BCUT2D eigenvalue weighted by Gasteiger charge is 2.12. The standard InChI is InChI=1S/3C11H8N2O.3C11H8N2S/c1-7-2-3-10-11(13-7)8-6-12-5-4-9(8)14-10;1-7-2-3-9-11(13-7)8-4-5-12-6-10(8)14-9;1-7-4-5-9-10(13-7)8-3-2-6-12-11(8)14-9;1-7-2-3-10-11(13-7)8-6-12-5-4-9(8)14-10;1-7-2-3-9-11(13-7)8-4-5-12-6-10(8)14-9;1-7-4-5-9-10(13-7)8-3-2-6-12-11(8)14-9/h6*2-6H,1H3. The molecule has 18 heterocycles. The Morgan fingerprint density at radius 3 is 1.39 bits per heavy atom. The van der Waals surface area contributed by atoms with Crippen LogP contribution in [0.25, 0.3) is 127 Å². The van der Waals surface area contributed by atoms with E-state index in [1.165, 1.54) is 28.9 Å². The molecular weight excluding hydrogens is 1110 g/mol. The first-order valence-corrected chi connectivity index (χ1v) is 29.1. The molecule has 0 saturated carbocycles. The SMILES string of the molecule is Cc1ccc2oc3ccncc3c2n1.Cc1ccc2oc3cnccc3c2n1.Cc1ccc2oc3ncccc3c2n1.Cc1ccc2sc3ccncc3c2n1.Cc1ccc2sc3cnccc3c2n1.Cc1ccc2sc3ncccc3c2n1. The molecule has 0 saturated heterocycles. The fourth-order valence-corrected chi connectivity index (χ4v) is 12.5. The maximum atomic E-state index is 5.60. The lowest BCUT2D eigenvalue weighted by molar-refractivity contribution is 0.653. The Labute approximate surface area is 490 Å². The van der Waals surface area contributed by atoms with E-state index in [-0.39, 0.29) is 0 Å². The second-order valence-corrected chi connectivity index (χ2v) is 22.8. The van der Waals surface area contributed by atoms with Crippen molar-refractivity contribution in [3.05, 3.63) is 217 Å². The van der Waals surface area contributed by atoms with Crippen LogP contribution in [0.2, 0.25) is 0 Å². The zero-order valence-electron chi connectivity index (χ0n) is 46.1. The van der Waals surface area contributed by atoms with E-state index >= 15 is 0 Å². The van der Waals surface area contributed by atoms with Gasteiger partial charge in [-0.2, -0.15) is 0 Å². The molecule has 0 atom stereocenters. The summed E-state index contributed by atoms with van der Waals surface area (Å²) in [6.07, 6.45) is 17.9. The van der Waals surface area contributed by atoms with Crippen LogP contribution >= 0.6 is 34.0 Å². The van der Waals surface area contributed by atoms with Gasteiger partial charge in [0.2, 0.25) is 5.71 Å². The van der Waals surface area contributed by atoms with E-state index in [1.807, 2.05) is 170 Å². The molecule has 0 N–H and O–H groups in total. The van der Waals surface area contributed by atoms with Crippen molar-refractivity contribution >= 4 is 161 Å². The van der Waals surface area contributed by atoms with E-state index in [2.05, 4.69) is 84.1 Å². The van der Waals surface area contributed by atoms with Gasteiger partial charge in [0.05, 0.1) is 52.3 Å². The first kappa shape index (κ1) is 53.2. The van der Waals surface area contributed by atoms with Gasteiger partial charge in [-0.1, -0.05) is 0 Å². The summed E-state index contributed by atoms with van der Waals surface area (Å²) in [7, 11) is 0. The van der Waals surface area contributed by atoms with Gasteiger partial charge in [-0.25, -0.2) is 24.9 Å². The van der Waals surface area contributed by atoms with Crippen LogP contribution in [0.3, 0.4) is 0 Å². The van der Waals surface area contributed by atoms with Gasteiger partial charge in [-0.3, -0.25) is 34.9 Å². The van der Waals surface area contributed by atoms with Gasteiger partial charge in [0.1, 0.15) is 27.0 Å². The zero-order chi connectivity index (χ0) is 57.3. The maximum Gasteiger partial charge on any atom is 0.228 e. The second kappa shape index (κ2) is 23.0. The number of hydrogen-bond acceptors (Lipinski definition) is 18. The number of aryl methyl sites for hydroxylation is 6. The van der Waals surface area contributed by atoms with E-state index < -0.39 is 0 Å². The fraction of sp³-hybridized carbons (Fsp3) is 0.0909. The summed E-state index contributed by atoms with van der Waals surface area (Å²) in [5, 5.41) is 6.52. The van der Waals surface area contributed by atoms with Crippen LogP contribution in [-0.2, 0) is 0 Å². The summed E-state index contributed by atoms with van der Waals surface area (Å²) in [5.74, 6) is 0. The molecule has 18 rings (SSSR count). The lowest BCUT2D eigenvalue weighted by Crippen LogP contribution is -1.79. The van der Waals surface area contributed by atoms with Gasteiger partial charge in [-0.05, 0) is 163 Å². The molecule has 0 aliphatic carbocycles. The van der Waals surface area contributed by atoms with Crippen LogP contribution in [0, 0.1) is 41.5 Å². The van der Waals surface area contributed by atoms with Crippen LogP contribution in [-0.4, -0.2) is 59.8 Å². The number of pyridine rings is 12.